The molecule has 1 amide bonds. The first-order chi connectivity index (χ1) is 15.4. The van der Waals surface area contributed by atoms with E-state index in [0.29, 0.717) is 0 Å². The molecule has 4 bridgehead atoms. The molecule has 4 aliphatic carbocycles. The summed E-state index contributed by atoms with van der Waals surface area (Å²) in [6.07, 6.45) is 10.3. The molecule has 0 radical (unpaired) electrons. The number of benzene rings is 1. The van der Waals surface area contributed by atoms with Crippen molar-refractivity contribution in [3.8, 4) is 5.69 Å². The highest BCUT2D eigenvalue weighted by atomic mass is 16.5. The van der Waals surface area contributed by atoms with E-state index in [-0.39, 0.29) is 18.1 Å². The molecule has 4 aliphatic rings. The lowest BCUT2D eigenvalue weighted by Crippen LogP contribution is -2.60. The summed E-state index contributed by atoms with van der Waals surface area (Å²) < 4.78 is 7.11. The smallest absolute Gasteiger partial charge is 0.331 e. The third-order valence-electron chi connectivity index (χ3n) is 7.52. The van der Waals surface area contributed by atoms with E-state index in [1.54, 1.807) is 6.08 Å². The maximum atomic E-state index is 12.5. The molecule has 0 saturated heterocycles. The van der Waals surface area contributed by atoms with Gasteiger partial charge in [0.05, 0.1) is 11.4 Å². The van der Waals surface area contributed by atoms with Gasteiger partial charge in [0.15, 0.2) is 6.61 Å². The average Bonchev–Trinajstić information content (AvgIpc) is 3.03. The number of aryl methyl sites for hydroxylation is 1. The van der Waals surface area contributed by atoms with Gasteiger partial charge in [-0.15, -0.1) is 0 Å². The maximum absolute atomic E-state index is 12.5. The predicted molar refractivity (Wildman–Crippen MR) is 122 cm³/mol. The Morgan fingerprint density at radius 3 is 2.34 bits per heavy atom. The lowest BCUT2D eigenvalue weighted by atomic mass is 9.53. The first-order valence-electron chi connectivity index (χ1n) is 11.7. The molecule has 168 valence electrons. The molecule has 0 atom stereocenters. The maximum Gasteiger partial charge on any atom is 0.331 e. The van der Waals surface area contributed by atoms with Crippen LogP contribution < -0.4 is 5.32 Å². The van der Waals surface area contributed by atoms with E-state index in [2.05, 4.69) is 10.4 Å². The summed E-state index contributed by atoms with van der Waals surface area (Å²) in [7, 11) is 0. The van der Waals surface area contributed by atoms with Crippen LogP contribution in [0.3, 0.4) is 0 Å². The van der Waals surface area contributed by atoms with Crippen LogP contribution in [0.15, 0.2) is 36.4 Å². The van der Waals surface area contributed by atoms with Gasteiger partial charge in [-0.3, -0.25) is 4.79 Å². The number of amides is 1. The zero-order valence-corrected chi connectivity index (χ0v) is 18.8. The quantitative estimate of drug-likeness (QED) is 0.549. The molecule has 1 aromatic heterocycles. The van der Waals surface area contributed by atoms with E-state index in [0.717, 1.165) is 59.7 Å². The Morgan fingerprint density at radius 2 is 1.72 bits per heavy atom. The number of hydrogen-bond donors (Lipinski definition) is 1. The largest absolute Gasteiger partial charge is 0.452 e. The van der Waals surface area contributed by atoms with Crippen molar-refractivity contribution < 1.29 is 14.3 Å². The van der Waals surface area contributed by atoms with Gasteiger partial charge < -0.3 is 10.1 Å². The second kappa shape index (κ2) is 8.23. The van der Waals surface area contributed by atoms with Gasteiger partial charge in [-0.05, 0) is 88.3 Å². The molecular weight excluding hydrogens is 402 g/mol. The van der Waals surface area contributed by atoms with Crippen LogP contribution in [-0.4, -0.2) is 33.8 Å². The number of nitrogens with one attached hydrogen (secondary N) is 1. The van der Waals surface area contributed by atoms with E-state index in [1.807, 2.05) is 48.9 Å². The first-order valence-corrected chi connectivity index (χ1v) is 11.7. The van der Waals surface area contributed by atoms with Crippen LogP contribution in [0.5, 0.6) is 0 Å². The minimum Gasteiger partial charge on any atom is -0.452 e. The molecule has 6 rings (SSSR count). The van der Waals surface area contributed by atoms with Crippen LogP contribution in [0.2, 0.25) is 0 Å². The summed E-state index contributed by atoms with van der Waals surface area (Å²) in [4.78, 5) is 24.8. The number of carbonyl (C=O) groups is 2. The van der Waals surface area contributed by atoms with E-state index in [4.69, 9.17) is 4.74 Å². The summed E-state index contributed by atoms with van der Waals surface area (Å²) in [6, 6.07) is 9.87. The number of ether oxygens (including phenoxy) is 1. The lowest BCUT2D eigenvalue weighted by Gasteiger charge is -2.56. The fraction of sp³-hybridized carbons (Fsp3) is 0.500. The Kier molecular flexibility index (Phi) is 5.39. The molecule has 4 saturated carbocycles. The monoisotopic (exact) mass is 433 g/mol. The zero-order valence-electron chi connectivity index (χ0n) is 18.8. The molecule has 0 unspecified atom stereocenters. The molecule has 2 aromatic rings. The topological polar surface area (TPSA) is 73.2 Å². The number of hydrogen-bond acceptors (Lipinski definition) is 4. The number of rotatable bonds is 6. The number of nitrogens with zero attached hydrogens (tertiary/aromatic N) is 2. The number of carbonyl (C=O) groups excluding carboxylic acids is 2. The summed E-state index contributed by atoms with van der Waals surface area (Å²) in [6.45, 7) is 3.65. The van der Waals surface area contributed by atoms with Gasteiger partial charge >= 0.3 is 5.97 Å². The zero-order chi connectivity index (χ0) is 22.3. The Balaban J connectivity index is 1.17. The van der Waals surface area contributed by atoms with Crippen molar-refractivity contribution in [2.24, 2.45) is 17.8 Å². The van der Waals surface area contributed by atoms with Gasteiger partial charge in [-0.2, -0.15) is 5.10 Å². The van der Waals surface area contributed by atoms with Gasteiger partial charge in [0.25, 0.3) is 5.91 Å². The number of para-hydroxylation sites is 1. The number of esters is 1. The highest BCUT2D eigenvalue weighted by Gasteiger charge is 2.51. The highest BCUT2D eigenvalue weighted by Crippen LogP contribution is 2.55. The summed E-state index contributed by atoms with van der Waals surface area (Å²) in [5.41, 5.74) is 3.56. The normalized spacial score (nSPS) is 28.2. The molecule has 1 N–H and O–H groups in total. The second-order valence-electron chi connectivity index (χ2n) is 10.0. The minimum atomic E-state index is -0.517. The molecule has 6 heteroatoms. The molecule has 1 aromatic carbocycles. The predicted octanol–water partition coefficient (Wildman–Crippen LogP) is 4.13. The van der Waals surface area contributed by atoms with E-state index in [1.165, 1.54) is 25.3 Å². The molecule has 6 nitrogen and oxygen atoms in total. The minimum absolute atomic E-state index is 0.0612. The Bertz CT molecular complexity index is 1020. The van der Waals surface area contributed by atoms with Gasteiger partial charge in [0.2, 0.25) is 0 Å². The summed E-state index contributed by atoms with van der Waals surface area (Å²) in [5, 5.41) is 7.82. The van der Waals surface area contributed by atoms with Crippen molar-refractivity contribution in [1.29, 1.82) is 0 Å². The molecule has 0 spiro atoms. The fourth-order valence-corrected chi connectivity index (χ4v) is 6.65. The SMILES string of the molecule is Cc1nn(-c2ccccc2)c(C)c1C=CC(=O)OCC(=O)NC12CC3CC(CC(C3)C1)C2. The molecule has 4 fully saturated rings. The van der Waals surface area contributed by atoms with Crippen LogP contribution in [0.4, 0.5) is 0 Å². The average molecular weight is 434 g/mol. The van der Waals surface area contributed by atoms with Gasteiger partial charge in [-0.1, -0.05) is 18.2 Å². The van der Waals surface area contributed by atoms with Gasteiger partial charge in [0, 0.05) is 22.9 Å². The first kappa shape index (κ1) is 21.0. The molecule has 1 heterocycles. The summed E-state index contributed by atoms with van der Waals surface area (Å²) in [5.74, 6) is 1.58. The van der Waals surface area contributed by atoms with Crippen molar-refractivity contribution in [3.63, 3.8) is 0 Å². The standard InChI is InChI=1S/C26H31N3O3/c1-17-23(18(2)29(28-17)22-6-4-3-5-7-22)8-9-25(31)32-16-24(30)27-26-13-19-10-20(14-26)12-21(11-19)15-26/h3-9,19-21H,10-16H2,1-2H3,(H,27,30). The summed E-state index contributed by atoms with van der Waals surface area (Å²) >= 11 is 0. The Labute approximate surface area is 189 Å². The van der Waals surface area contributed by atoms with E-state index in [9.17, 15) is 9.59 Å². The third kappa shape index (κ3) is 4.10. The third-order valence-corrected chi connectivity index (χ3v) is 7.52. The van der Waals surface area contributed by atoms with Crippen molar-refractivity contribution in [2.75, 3.05) is 6.61 Å². The van der Waals surface area contributed by atoms with Gasteiger partial charge in [-0.25, -0.2) is 9.48 Å². The molecular formula is C26H31N3O3. The molecule has 0 aliphatic heterocycles. The Hall–Kier alpha value is -2.89. The lowest BCUT2D eigenvalue weighted by molar-refractivity contribution is -0.145. The fourth-order valence-electron chi connectivity index (χ4n) is 6.65. The van der Waals surface area contributed by atoms with Crippen molar-refractivity contribution in [2.45, 2.75) is 57.9 Å². The Morgan fingerprint density at radius 1 is 1.09 bits per heavy atom. The van der Waals surface area contributed by atoms with Gasteiger partial charge in [0.1, 0.15) is 0 Å². The highest BCUT2D eigenvalue weighted by molar-refractivity contribution is 5.89. The van der Waals surface area contributed by atoms with Crippen LogP contribution in [-0.2, 0) is 14.3 Å². The second-order valence-corrected chi connectivity index (χ2v) is 10.0. The van der Waals surface area contributed by atoms with Crippen LogP contribution in [0.25, 0.3) is 11.8 Å². The van der Waals surface area contributed by atoms with E-state index < -0.39 is 5.97 Å². The van der Waals surface area contributed by atoms with Crippen LogP contribution >= 0.6 is 0 Å². The van der Waals surface area contributed by atoms with Crippen molar-refractivity contribution in [1.82, 2.24) is 15.1 Å². The number of aromatic nitrogens is 2. The van der Waals surface area contributed by atoms with Crippen molar-refractivity contribution in [3.05, 3.63) is 53.4 Å². The molecule has 32 heavy (non-hydrogen) atoms. The van der Waals surface area contributed by atoms with E-state index >= 15 is 0 Å². The van der Waals surface area contributed by atoms with Crippen molar-refractivity contribution >= 4 is 18.0 Å². The van der Waals surface area contributed by atoms with Crippen LogP contribution in [0.1, 0.15) is 55.5 Å². The van der Waals surface area contributed by atoms with Crippen LogP contribution in [0, 0.1) is 31.6 Å².